The van der Waals surface area contributed by atoms with E-state index in [-0.39, 0.29) is 18.2 Å². The lowest BCUT2D eigenvalue weighted by atomic mass is 10.1. The molecule has 120 valence electrons. The fourth-order valence-corrected chi connectivity index (χ4v) is 2.99. The highest BCUT2D eigenvalue weighted by molar-refractivity contribution is 6.09. The number of aliphatic hydroxyl groups excluding tert-OH is 1. The monoisotopic (exact) mass is 313 g/mol. The fourth-order valence-electron chi connectivity index (χ4n) is 2.99. The number of para-hydroxylation sites is 1. The van der Waals surface area contributed by atoms with Gasteiger partial charge in [-0.3, -0.25) is 0 Å². The highest BCUT2D eigenvalue weighted by Crippen LogP contribution is 2.32. The summed E-state index contributed by atoms with van der Waals surface area (Å²) < 4.78 is 7.47. The van der Waals surface area contributed by atoms with Crippen molar-refractivity contribution in [3.63, 3.8) is 0 Å². The van der Waals surface area contributed by atoms with Gasteiger partial charge in [0.25, 0.3) is 0 Å². The second-order valence-electron chi connectivity index (χ2n) is 5.42. The molecule has 0 spiro atoms. The fraction of sp³-hybridized carbons (Fsp3) is 0.278. The van der Waals surface area contributed by atoms with E-state index >= 15 is 0 Å². The van der Waals surface area contributed by atoms with Crippen molar-refractivity contribution in [1.29, 1.82) is 0 Å². The van der Waals surface area contributed by atoms with E-state index in [1.165, 1.54) is 0 Å². The Morgan fingerprint density at radius 1 is 1.17 bits per heavy atom. The summed E-state index contributed by atoms with van der Waals surface area (Å²) in [5.74, 6) is -0.964. The first kappa shape index (κ1) is 15.5. The van der Waals surface area contributed by atoms with E-state index in [0.717, 1.165) is 21.8 Å². The molecule has 0 fully saturated rings. The standard InChI is InChI=1S/C18H19NO4/c1-2-23-11-13(10-20)19-16-6-4-3-5-14(16)15-8-7-12(18(21)22)9-17(15)19/h3-9,13,20H,2,10-11H2,1H3,(H,21,22). The summed E-state index contributed by atoms with van der Waals surface area (Å²) in [6.07, 6.45) is 0. The van der Waals surface area contributed by atoms with Crippen LogP contribution >= 0.6 is 0 Å². The Kier molecular flexibility index (Phi) is 4.32. The minimum absolute atomic E-state index is 0.0783. The largest absolute Gasteiger partial charge is 0.478 e. The van der Waals surface area contributed by atoms with Crippen LogP contribution in [0, 0.1) is 0 Å². The number of aromatic carboxylic acids is 1. The molecule has 5 nitrogen and oxygen atoms in total. The minimum atomic E-state index is -0.964. The van der Waals surface area contributed by atoms with Crippen LogP contribution in [0.15, 0.2) is 42.5 Å². The van der Waals surface area contributed by atoms with E-state index in [4.69, 9.17) is 4.74 Å². The highest BCUT2D eigenvalue weighted by Gasteiger charge is 2.19. The normalized spacial score (nSPS) is 12.8. The van der Waals surface area contributed by atoms with Crippen molar-refractivity contribution in [1.82, 2.24) is 4.57 Å². The SMILES string of the molecule is CCOCC(CO)n1c2ccccc2c2ccc(C(=O)O)cc21. The van der Waals surface area contributed by atoms with Gasteiger partial charge < -0.3 is 19.5 Å². The molecule has 1 heterocycles. The molecule has 0 aliphatic heterocycles. The first-order valence-electron chi connectivity index (χ1n) is 7.62. The lowest BCUT2D eigenvalue weighted by Crippen LogP contribution is -2.19. The van der Waals surface area contributed by atoms with Crippen LogP contribution in [0.2, 0.25) is 0 Å². The maximum Gasteiger partial charge on any atom is 0.335 e. The molecule has 5 heteroatoms. The van der Waals surface area contributed by atoms with Gasteiger partial charge in [0.05, 0.1) is 30.3 Å². The number of ether oxygens (including phenoxy) is 1. The summed E-state index contributed by atoms with van der Waals surface area (Å²) in [6, 6.07) is 12.7. The molecule has 0 saturated heterocycles. The van der Waals surface area contributed by atoms with E-state index in [0.29, 0.717) is 13.2 Å². The molecule has 23 heavy (non-hydrogen) atoms. The van der Waals surface area contributed by atoms with E-state index in [9.17, 15) is 15.0 Å². The topological polar surface area (TPSA) is 71.7 Å². The molecule has 3 rings (SSSR count). The van der Waals surface area contributed by atoms with Gasteiger partial charge in [0.15, 0.2) is 0 Å². The lowest BCUT2D eigenvalue weighted by molar-refractivity contribution is 0.0697. The predicted octanol–water partition coefficient (Wildman–Crippen LogP) is 3.06. The van der Waals surface area contributed by atoms with Gasteiger partial charge in [-0.2, -0.15) is 0 Å². The number of aromatic nitrogens is 1. The summed E-state index contributed by atoms with van der Waals surface area (Å²) in [6.45, 7) is 2.76. The molecule has 0 aliphatic carbocycles. The number of carbonyl (C=O) groups is 1. The first-order chi connectivity index (χ1) is 11.2. The molecule has 0 radical (unpaired) electrons. The van der Waals surface area contributed by atoms with E-state index in [1.807, 2.05) is 41.8 Å². The highest BCUT2D eigenvalue weighted by atomic mass is 16.5. The summed E-state index contributed by atoms with van der Waals surface area (Å²) in [5.41, 5.74) is 1.99. The minimum Gasteiger partial charge on any atom is -0.478 e. The third kappa shape index (κ3) is 2.69. The maximum absolute atomic E-state index is 11.3. The number of carboxylic acid groups (broad SMARTS) is 1. The van der Waals surface area contributed by atoms with Gasteiger partial charge in [-0.1, -0.05) is 24.3 Å². The van der Waals surface area contributed by atoms with Crippen molar-refractivity contribution in [2.24, 2.45) is 0 Å². The quantitative estimate of drug-likeness (QED) is 0.733. The summed E-state index contributed by atoms with van der Waals surface area (Å²) in [4.78, 5) is 11.3. The van der Waals surface area contributed by atoms with Crippen molar-refractivity contribution < 1.29 is 19.7 Å². The summed E-state index contributed by atoms with van der Waals surface area (Å²) in [5, 5.41) is 21.1. The number of carboxylic acids is 1. The molecule has 1 unspecified atom stereocenters. The van der Waals surface area contributed by atoms with Crippen LogP contribution in [0.3, 0.4) is 0 Å². The van der Waals surface area contributed by atoms with Crippen LogP contribution in [0.1, 0.15) is 23.3 Å². The molecule has 1 aromatic heterocycles. The zero-order chi connectivity index (χ0) is 16.4. The van der Waals surface area contributed by atoms with Crippen molar-refractivity contribution in [3.05, 3.63) is 48.0 Å². The molecule has 0 bridgehead atoms. The van der Waals surface area contributed by atoms with Crippen molar-refractivity contribution >= 4 is 27.8 Å². The van der Waals surface area contributed by atoms with E-state index < -0.39 is 5.97 Å². The van der Waals surface area contributed by atoms with Gasteiger partial charge in [-0.05, 0) is 25.1 Å². The van der Waals surface area contributed by atoms with Crippen LogP contribution in [-0.4, -0.2) is 40.6 Å². The average Bonchev–Trinajstić information content (AvgIpc) is 2.90. The zero-order valence-electron chi connectivity index (χ0n) is 12.9. The summed E-state index contributed by atoms with van der Waals surface area (Å²) in [7, 11) is 0. The second-order valence-corrected chi connectivity index (χ2v) is 5.42. The first-order valence-corrected chi connectivity index (χ1v) is 7.62. The molecule has 0 saturated carbocycles. The molecule has 0 aliphatic rings. The van der Waals surface area contributed by atoms with Crippen molar-refractivity contribution in [3.8, 4) is 0 Å². The number of fused-ring (bicyclic) bond motifs is 3. The van der Waals surface area contributed by atoms with Gasteiger partial charge in [0.1, 0.15) is 0 Å². The van der Waals surface area contributed by atoms with Gasteiger partial charge >= 0.3 is 5.97 Å². The Morgan fingerprint density at radius 3 is 2.61 bits per heavy atom. The molecular formula is C18H19NO4. The molecule has 3 aromatic rings. The second kappa shape index (κ2) is 6.40. The van der Waals surface area contributed by atoms with Gasteiger partial charge in [-0.15, -0.1) is 0 Å². The molecule has 2 N–H and O–H groups in total. The molecule has 0 amide bonds. The van der Waals surface area contributed by atoms with E-state index in [1.54, 1.807) is 12.1 Å². The number of benzene rings is 2. The third-order valence-corrected chi connectivity index (χ3v) is 4.05. The maximum atomic E-state index is 11.3. The predicted molar refractivity (Wildman–Crippen MR) is 89.0 cm³/mol. The number of hydrogen-bond donors (Lipinski definition) is 2. The molecule has 1 atom stereocenters. The number of aliphatic hydroxyl groups is 1. The van der Waals surface area contributed by atoms with Crippen LogP contribution < -0.4 is 0 Å². The Hall–Kier alpha value is -2.37. The van der Waals surface area contributed by atoms with Gasteiger partial charge in [0.2, 0.25) is 0 Å². The van der Waals surface area contributed by atoms with Crippen LogP contribution in [0.25, 0.3) is 21.8 Å². The van der Waals surface area contributed by atoms with Crippen molar-refractivity contribution in [2.75, 3.05) is 19.8 Å². The Bertz CT molecular complexity index is 853. The van der Waals surface area contributed by atoms with Crippen molar-refractivity contribution in [2.45, 2.75) is 13.0 Å². The van der Waals surface area contributed by atoms with Crippen LogP contribution in [0.5, 0.6) is 0 Å². The van der Waals surface area contributed by atoms with Crippen LogP contribution in [0.4, 0.5) is 0 Å². The Balaban J connectivity index is 2.29. The lowest BCUT2D eigenvalue weighted by Gasteiger charge is -2.19. The number of hydrogen-bond acceptors (Lipinski definition) is 3. The van der Waals surface area contributed by atoms with E-state index in [2.05, 4.69) is 0 Å². The van der Waals surface area contributed by atoms with Gasteiger partial charge in [0, 0.05) is 22.9 Å². The Labute approximate surface area is 133 Å². The number of rotatable bonds is 6. The zero-order valence-corrected chi connectivity index (χ0v) is 12.9. The number of nitrogens with zero attached hydrogens (tertiary/aromatic N) is 1. The average molecular weight is 313 g/mol. The third-order valence-electron chi connectivity index (χ3n) is 4.05. The van der Waals surface area contributed by atoms with Crippen LogP contribution in [-0.2, 0) is 4.74 Å². The smallest absolute Gasteiger partial charge is 0.335 e. The Morgan fingerprint density at radius 2 is 1.91 bits per heavy atom. The molecule has 2 aromatic carbocycles. The molecular weight excluding hydrogens is 294 g/mol. The van der Waals surface area contributed by atoms with Gasteiger partial charge in [-0.25, -0.2) is 4.79 Å². The summed E-state index contributed by atoms with van der Waals surface area (Å²) >= 11 is 0.